The maximum atomic E-state index is 13.8. The van der Waals surface area contributed by atoms with Crippen molar-refractivity contribution in [3.63, 3.8) is 0 Å². The summed E-state index contributed by atoms with van der Waals surface area (Å²) < 4.78 is 15.3. The number of rotatable bonds is 2. The Labute approximate surface area is 102 Å². The van der Waals surface area contributed by atoms with Crippen LogP contribution in [0.5, 0.6) is 0 Å². The second-order valence-electron chi connectivity index (χ2n) is 3.91. The minimum atomic E-state index is -1.37. The zero-order valence-electron chi connectivity index (χ0n) is 9.90. The Kier molecular flexibility index (Phi) is 2.86. The van der Waals surface area contributed by atoms with Gasteiger partial charge in [-0.3, -0.25) is 4.79 Å². The molecule has 0 bridgehead atoms. The lowest BCUT2D eigenvalue weighted by atomic mass is 10.1. The maximum Gasteiger partial charge on any atom is 0.341 e. The molecule has 2 aromatic rings. The van der Waals surface area contributed by atoms with Gasteiger partial charge in [-0.2, -0.15) is 0 Å². The van der Waals surface area contributed by atoms with Crippen molar-refractivity contribution in [2.45, 2.75) is 20.4 Å². The van der Waals surface area contributed by atoms with Crippen LogP contribution < -0.4 is 5.43 Å². The Bertz CT molecular complexity index is 707. The first-order valence-corrected chi connectivity index (χ1v) is 5.39. The molecule has 0 fully saturated rings. The number of fused-ring (bicyclic) bond motifs is 1. The van der Waals surface area contributed by atoms with E-state index in [4.69, 9.17) is 5.11 Å². The van der Waals surface area contributed by atoms with Crippen LogP contribution in [0.3, 0.4) is 0 Å². The number of hydrogen-bond donors (Lipinski definition) is 1. The molecule has 0 aliphatic rings. The van der Waals surface area contributed by atoms with Crippen molar-refractivity contribution in [1.82, 2.24) is 9.55 Å². The van der Waals surface area contributed by atoms with Gasteiger partial charge in [-0.15, -0.1) is 0 Å². The van der Waals surface area contributed by atoms with Crippen LogP contribution >= 0.6 is 0 Å². The minimum Gasteiger partial charge on any atom is -0.477 e. The average Bonchev–Trinajstić information content (AvgIpc) is 2.27. The largest absolute Gasteiger partial charge is 0.477 e. The summed E-state index contributed by atoms with van der Waals surface area (Å²) in [5, 5.41) is 8.66. The molecule has 1 N–H and O–H groups in total. The standard InChI is InChI=1S/C12H11FN2O3/c1-3-15-5-7(12(17)18)10(16)9-8(13)4-6(2)14-11(9)15/h4-5H,3H2,1-2H3,(H,17,18). The number of aromatic nitrogens is 2. The van der Waals surface area contributed by atoms with Crippen molar-refractivity contribution in [3.8, 4) is 0 Å². The Morgan fingerprint density at radius 1 is 1.56 bits per heavy atom. The van der Waals surface area contributed by atoms with E-state index in [1.165, 1.54) is 10.8 Å². The Morgan fingerprint density at radius 3 is 2.78 bits per heavy atom. The highest BCUT2D eigenvalue weighted by Crippen LogP contribution is 2.15. The molecule has 0 unspecified atom stereocenters. The molecule has 0 atom stereocenters. The predicted molar refractivity (Wildman–Crippen MR) is 63.3 cm³/mol. The van der Waals surface area contributed by atoms with Crippen LogP contribution in [0.15, 0.2) is 17.1 Å². The second kappa shape index (κ2) is 4.21. The number of aryl methyl sites for hydroxylation is 2. The molecule has 0 aliphatic heterocycles. The molecule has 0 saturated carbocycles. The third-order valence-electron chi connectivity index (χ3n) is 2.68. The number of carboxylic acid groups (broad SMARTS) is 1. The Hall–Kier alpha value is -2.24. The van der Waals surface area contributed by atoms with E-state index in [0.29, 0.717) is 12.2 Å². The summed E-state index contributed by atoms with van der Waals surface area (Å²) in [4.78, 5) is 27.0. The smallest absolute Gasteiger partial charge is 0.341 e. The number of carboxylic acids is 1. The Morgan fingerprint density at radius 2 is 2.22 bits per heavy atom. The van der Waals surface area contributed by atoms with Crippen LogP contribution in [0.4, 0.5) is 4.39 Å². The third-order valence-corrected chi connectivity index (χ3v) is 2.68. The molecule has 0 aromatic carbocycles. The van der Waals surface area contributed by atoms with E-state index in [-0.39, 0.29) is 11.0 Å². The molecular weight excluding hydrogens is 239 g/mol. The number of nitrogens with zero attached hydrogens (tertiary/aromatic N) is 2. The van der Waals surface area contributed by atoms with Gasteiger partial charge in [0.15, 0.2) is 0 Å². The number of halogens is 1. The van der Waals surface area contributed by atoms with Crippen LogP contribution in [-0.2, 0) is 6.54 Å². The summed E-state index contributed by atoms with van der Waals surface area (Å²) in [5.41, 5.74) is -0.684. The lowest BCUT2D eigenvalue weighted by Crippen LogP contribution is -2.20. The first kappa shape index (κ1) is 12.2. The first-order valence-electron chi connectivity index (χ1n) is 5.39. The van der Waals surface area contributed by atoms with Crippen molar-refractivity contribution < 1.29 is 14.3 Å². The van der Waals surface area contributed by atoms with Gasteiger partial charge in [0.2, 0.25) is 5.43 Å². The summed E-state index contributed by atoms with van der Waals surface area (Å²) >= 11 is 0. The van der Waals surface area contributed by atoms with Gasteiger partial charge < -0.3 is 9.67 Å². The van der Waals surface area contributed by atoms with Gasteiger partial charge in [0.1, 0.15) is 22.4 Å². The zero-order chi connectivity index (χ0) is 13.4. The first-order chi connectivity index (χ1) is 8.45. The fraction of sp³-hybridized carbons (Fsp3) is 0.250. The van der Waals surface area contributed by atoms with Crippen molar-refractivity contribution >= 4 is 17.0 Å². The van der Waals surface area contributed by atoms with Gasteiger partial charge in [-0.25, -0.2) is 14.2 Å². The molecule has 0 radical (unpaired) electrons. The summed E-state index contributed by atoms with van der Waals surface area (Å²) in [6.45, 7) is 3.77. The van der Waals surface area contributed by atoms with Crippen molar-refractivity contribution in [1.29, 1.82) is 0 Å². The summed E-state index contributed by atoms with van der Waals surface area (Å²) in [5.74, 6) is -2.11. The minimum absolute atomic E-state index is 0.171. The molecule has 5 nitrogen and oxygen atoms in total. The molecular formula is C12H11FN2O3. The molecule has 94 valence electrons. The van der Waals surface area contributed by atoms with Crippen LogP contribution in [0, 0.1) is 12.7 Å². The van der Waals surface area contributed by atoms with Crippen LogP contribution in [0.1, 0.15) is 23.0 Å². The summed E-state index contributed by atoms with van der Waals surface area (Å²) in [7, 11) is 0. The van der Waals surface area contributed by atoms with Gasteiger partial charge in [-0.05, 0) is 19.9 Å². The van der Waals surface area contributed by atoms with E-state index in [1.54, 1.807) is 13.8 Å². The van der Waals surface area contributed by atoms with Crippen molar-refractivity contribution in [2.75, 3.05) is 0 Å². The lowest BCUT2D eigenvalue weighted by Gasteiger charge is -2.10. The maximum absolute atomic E-state index is 13.8. The highest BCUT2D eigenvalue weighted by molar-refractivity contribution is 5.91. The molecule has 0 aliphatic carbocycles. The molecule has 2 heterocycles. The lowest BCUT2D eigenvalue weighted by molar-refractivity contribution is 0.0695. The number of carbonyl (C=O) groups is 1. The molecule has 2 rings (SSSR count). The van der Waals surface area contributed by atoms with Crippen LogP contribution in [0.2, 0.25) is 0 Å². The van der Waals surface area contributed by atoms with Gasteiger partial charge in [0.05, 0.1) is 0 Å². The van der Waals surface area contributed by atoms with E-state index in [2.05, 4.69) is 4.98 Å². The summed E-state index contributed by atoms with van der Waals surface area (Å²) in [6.07, 6.45) is 1.19. The third kappa shape index (κ3) is 1.75. The van der Waals surface area contributed by atoms with Crippen molar-refractivity contribution in [3.05, 3.63) is 39.6 Å². The van der Waals surface area contributed by atoms with Gasteiger partial charge in [-0.1, -0.05) is 0 Å². The second-order valence-corrected chi connectivity index (χ2v) is 3.91. The summed E-state index contributed by atoms with van der Waals surface area (Å²) in [6, 6.07) is 1.12. The molecule has 2 aromatic heterocycles. The van der Waals surface area contributed by atoms with E-state index in [9.17, 15) is 14.0 Å². The molecule has 18 heavy (non-hydrogen) atoms. The van der Waals surface area contributed by atoms with Gasteiger partial charge >= 0.3 is 5.97 Å². The quantitative estimate of drug-likeness (QED) is 0.877. The van der Waals surface area contributed by atoms with Crippen LogP contribution in [0.25, 0.3) is 11.0 Å². The predicted octanol–water partition coefficient (Wildman–Crippen LogP) is 1.56. The van der Waals surface area contributed by atoms with Crippen molar-refractivity contribution in [2.24, 2.45) is 0 Å². The normalized spacial score (nSPS) is 10.8. The fourth-order valence-corrected chi connectivity index (χ4v) is 1.84. The average molecular weight is 250 g/mol. The monoisotopic (exact) mass is 250 g/mol. The fourth-order valence-electron chi connectivity index (χ4n) is 1.84. The van der Waals surface area contributed by atoms with E-state index in [0.717, 1.165) is 6.07 Å². The SMILES string of the molecule is CCn1cc(C(=O)O)c(=O)c2c(F)cc(C)nc21. The van der Waals surface area contributed by atoms with Gasteiger partial charge in [0, 0.05) is 18.4 Å². The molecule has 6 heteroatoms. The molecule has 0 amide bonds. The number of hydrogen-bond acceptors (Lipinski definition) is 3. The van der Waals surface area contributed by atoms with Gasteiger partial charge in [0.25, 0.3) is 0 Å². The molecule has 0 spiro atoms. The van der Waals surface area contributed by atoms with E-state index < -0.39 is 22.8 Å². The molecule has 0 saturated heterocycles. The zero-order valence-corrected chi connectivity index (χ0v) is 9.90. The highest BCUT2D eigenvalue weighted by Gasteiger charge is 2.18. The van der Waals surface area contributed by atoms with Crippen LogP contribution in [-0.4, -0.2) is 20.6 Å². The highest BCUT2D eigenvalue weighted by atomic mass is 19.1. The topological polar surface area (TPSA) is 72.2 Å². The number of aromatic carboxylic acids is 1. The van der Waals surface area contributed by atoms with E-state index in [1.807, 2.05) is 0 Å². The van der Waals surface area contributed by atoms with E-state index >= 15 is 0 Å². The number of pyridine rings is 2. The Balaban J connectivity index is 3.04.